The third-order valence-electron chi connectivity index (χ3n) is 3.35. The lowest BCUT2D eigenvalue weighted by Crippen LogP contribution is -2.25. The number of alkyl halides is 1. The van der Waals surface area contributed by atoms with E-state index in [0.29, 0.717) is 11.4 Å². The fourth-order valence-corrected chi connectivity index (χ4v) is 3.22. The SMILES string of the molecule is Cc1ccc(Br)c(C(Cl)c2ccc3c(c2)NC(=O)CO3)c1. The fourth-order valence-electron chi connectivity index (χ4n) is 2.30. The van der Waals surface area contributed by atoms with Crippen LogP contribution in [0.4, 0.5) is 5.69 Å². The molecule has 5 heteroatoms. The second-order valence-electron chi connectivity index (χ2n) is 4.98. The van der Waals surface area contributed by atoms with Gasteiger partial charge in [-0.3, -0.25) is 4.79 Å². The van der Waals surface area contributed by atoms with Gasteiger partial charge in [-0.15, -0.1) is 11.6 Å². The van der Waals surface area contributed by atoms with Gasteiger partial charge in [-0.05, 0) is 36.2 Å². The topological polar surface area (TPSA) is 38.3 Å². The second kappa shape index (κ2) is 5.70. The van der Waals surface area contributed by atoms with Crippen molar-refractivity contribution in [2.24, 2.45) is 0 Å². The Kier molecular flexibility index (Phi) is 3.91. The zero-order valence-electron chi connectivity index (χ0n) is 11.3. The van der Waals surface area contributed by atoms with Gasteiger partial charge in [0, 0.05) is 4.47 Å². The molecule has 2 aromatic carbocycles. The molecule has 0 radical (unpaired) electrons. The van der Waals surface area contributed by atoms with Gasteiger partial charge in [0.1, 0.15) is 5.75 Å². The van der Waals surface area contributed by atoms with Crippen molar-refractivity contribution in [3.05, 3.63) is 57.6 Å². The van der Waals surface area contributed by atoms with Gasteiger partial charge in [0.25, 0.3) is 5.91 Å². The van der Waals surface area contributed by atoms with Gasteiger partial charge < -0.3 is 10.1 Å². The number of fused-ring (bicyclic) bond motifs is 1. The van der Waals surface area contributed by atoms with Crippen LogP contribution >= 0.6 is 27.5 Å². The van der Waals surface area contributed by atoms with Crippen LogP contribution in [0.5, 0.6) is 5.75 Å². The van der Waals surface area contributed by atoms with Crippen LogP contribution in [-0.4, -0.2) is 12.5 Å². The van der Waals surface area contributed by atoms with E-state index in [1.54, 1.807) is 0 Å². The van der Waals surface area contributed by atoms with Gasteiger partial charge in [-0.25, -0.2) is 0 Å². The van der Waals surface area contributed by atoms with E-state index < -0.39 is 0 Å². The van der Waals surface area contributed by atoms with Crippen molar-refractivity contribution in [2.45, 2.75) is 12.3 Å². The van der Waals surface area contributed by atoms with Crippen LogP contribution in [0.25, 0.3) is 0 Å². The van der Waals surface area contributed by atoms with E-state index in [-0.39, 0.29) is 17.9 Å². The summed E-state index contributed by atoms with van der Waals surface area (Å²) in [5.41, 5.74) is 3.72. The number of hydrogen-bond donors (Lipinski definition) is 1. The quantitative estimate of drug-likeness (QED) is 0.799. The number of carbonyl (C=O) groups is 1. The summed E-state index contributed by atoms with van der Waals surface area (Å²) in [6, 6.07) is 11.7. The first-order chi connectivity index (χ1) is 10.0. The van der Waals surface area contributed by atoms with E-state index in [4.69, 9.17) is 16.3 Å². The third kappa shape index (κ3) is 2.92. The molecule has 108 valence electrons. The molecule has 1 amide bonds. The van der Waals surface area contributed by atoms with Crippen LogP contribution in [0.15, 0.2) is 40.9 Å². The Balaban J connectivity index is 1.98. The zero-order valence-corrected chi connectivity index (χ0v) is 13.7. The lowest BCUT2D eigenvalue weighted by Gasteiger charge is -2.20. The molecule has 3 nitrogen and oxygen atoms in total. The smallest absolute Gasteiger partial charge is 0.262 e. The average Bonchev–Trinajstić information content (AvgIpc) is 2.48. The van der Waals surface area contributed by atoms with Crippen LogP contribution < -0.4 is 10.1 Å². The number of amides is 1. The molecule has 1 aliphatic heterocycles. The number of hydrogen-bond acceptors (Lipinski definition) is 2. The Bertz CT molecular complexity index is 717. The van der Waals surface area contributed by atoms with Crippen LogP contribution in [0.1, 0.15) is 22.1 Å². The first kappa shape index (κ1) is 14.4. The maximum Gasteiger partial charge on any atom is 0.262 e. The number of anilines is 1. The summed E-state index contributed by atoms with van der Waals surface area (Å²) in [5, 5.41) is 2.50. The number of halogens is 2. The molecule has 0 spiro atoms. The number of rotatable bonds is 2. The highest BCUT2D eigenvalue weighted by Crippen LogP contribution is 2.38. The summed E-state index contributed by atoms with van der Waals surface area (Å²) < 4.78 is 6.32. The summed E-state index contributed by atoms with van der Waals surface area (Å²) in [6.45, 7) is 2.08. The molecule has 1 atom stereocenters. The van der Waals surface area contributed by atoms with Gasteiger partial charge in [0.05, 0.1) is 11.1 Å². The zero-order chi connectivity index (χ0) is 15.0. The summed E-state index contributed by atoms with van der Waals surface area (Å²) in [5.74, 6) is 0.521. The molecule has 0 saturated heterocycles. The summed E-state index contributed by atoms with van der Waals surface area (Å²) in [4.78, 5) is 11.4. The lowest BCUT2D eigenvalue weighted by atomic mass is 10.0. The van der Waals surface area contributed by atoms with Crippen molar-refractivity contribution < 1.29 is 9.53 Å². The summed E-state index contributed by atoms with van der Waals surface area (Å²) in [6.07, 6.45) is 0. The second-order valence-corrected chi connectivity index (χ2v) is 6.27. The van der Waals surface area contributed by atoms with Crippen molar-refractivity contribution in [1.82, 2.24) is 0 Å². The van der Waals surface area contributed by atoms with E-state index in [1.807, 2.05) is 37.3 Å². The number of nitrogens with one attached hydrogen (secondary N) is 1. The molecule has 1 aliphatic rings. The Morgan fingerprint density at radius 2 is 2.10 bits per heavy atom. The minimum absolute atomic E-state index is 0.0556. The highest BCUT2D eigenvalue weighted by atomic mass is 79.9. The predicted molar refractivity (Wildman–Crippen MR) is 87.1 cm³/mol. The van der Waals surface area contributed by atoms with Crippen LogP contribution in [-0.2, 0) is 4.79 Å². The first-order valence-corrected chi connectivity index (χ1v) is 7.74. The van der Waals surface area contributed by atoms with Crippen molar-refractivity contribution in [2.75, 3.05) is 11.9 Å². The number of benzene rings is 2. The molecular formula is C16H13BrClNO2. The molecule has 0 aliphatic carbocycles. The normalized spacial score (nSPS) is 14.9. The van der Waals surface area contributed by atoms with Crippen molar-refractivity contribution >= 4 is 39.1 Å². The van der Waals surface area contributed by atoms with Gasteiger partial charge in [0.2, 0.25) is 0 Å². The molecule has 0 bridgehead atoms. The summed E-state index contributed by atoms with van der Waals surface area (Å²) in [7, 11) is 0. The molecule has 0 saturated carbocycles. The molecule has 1 unspecified atom stereocenters. The largest absolute Gasteiger partial charge is 0.482 e. The van der Waals surface area contributed by atoms with Crippen molar-refractivity contribution in [3.8, 4) is 5.75 Å². The molecule has 3 rings (SSSR count). The number of carbonyl (C=O) groups excluding carboxylic acids is 1. The highest BCUT2D eigenvalue weighted by Gasteiger charge is 2.20. The highest BCUT2D eigenvalue weighted by molar-refractivity contribution is 9.10. The van der Waals surface area contributed by atoms with Crippen molar-refractivity contribution in [3.63, 3.8) is 0 Å². The van der Waals surface area contributed by atoms with Crippen molar-refractivity contribution in [1.29, 1.82) is 0 Å². The van der Waals surface area contributed by atoms with E-state index in [2.05, 4.69) is 27.3 Å². The van der Waals surface area contributed by atoms with Crippen LogP contribution in [0.3, 0.4) is 0 Å². The van der Waals surface area contributed by atoms with E-state index in [1.165, 1.54) is 0 Å². The monoisotopic (exact) mass is 365 g/mol. The fraction of sp³-hybridized carbons (Fsp3) is 0.188. The number of aryl methyl sites for hydroxylation is 1. The molecule has 1 heterocycles. The Morgan fingerprint density at radius 3 is 2.90 bits per heavy atom. The molecule has 21 heavy (non-hydrogen) atoms. The minimum Gasteiger partial charge on any atom is -0.482 e. The molecule has 0 aromatic heterocycles. The Hall–Kier alpha value is -1.52. The summed E-state index contributed by atoms with van der Waals surface area (Å²) >= 11 is 10.1. The Morgan fingerprint density at radius 1 is 1.29 bits per heavy atom. The van der Waals surface area contributed by atoms with Gasteiger partial charge in [-0.1, -0.05) is 39.7 Å². The standard InChI is InChI=1S/C16H13BrClNO2/c1-9-2-4-12(17)11(6-9)16(18)10-3-5-14-13(7-10)19-15(20)8-21-14/h2-7,16H,8H2,1H3,(H,19,20). The van der Waals surface area contributed by atoms with Gasteiger partial charge in [0.15, 0.2) is 6.61 Å². The van der Waals surface area contributed by atoms with Crippen LogP contribution in [0.2, 0.25) is 0 Å². The molecule has 1 N–H and O–H groups in total. The lowest BCUT2D eigenvalue weighted by molar-refractivity contribution is -0.118. The maximum atomic E-state index is 11.4. The molecule has 2 aromatic rings. The predicted octanol–water partition coefficient (Wildman–Crippen LogP) is 4.42. The first-order valence-electron chi connectivity index (χ1n) is 6.51. The molecule has 0 fully saturated rings. The maximum absolute atomic E-state index is 11.4. The van der Waals surface area contributed by atoms with Gasteiger partial charge >= 0.3 is 0 Å². The van der Waals surface area contributed by atoms with E-state index >= 15 is 0 Å². The third-order valence-corrected chi connectivity index (χ3v) is 4.56. The van der Waals surface area contributed by atoms with Crippen LogP contribution in [0, 0.1) is 6.92 Å². The average molecular weight is 367 g/mol. The van der Waals surface area contributed by atoms with Gasteiger partial charge in [-0.2, -0.15) is 0 Å². The number of ether oxygens (including phenoxy) is 1. The Labute approximate surface area is 136 Å². The van der Waals surface area contributed by atoms with E-state index in [9.17, 15) is 4.79 Å². The van der Waals surface area contributed by atoms with E-state index in [0.717, 1.165) is 21.2 Å². The minimum atomic E-state index is -0.302. The molecular weight excluding hydrogens is 354 g/mol.